The lowest BCUT2D eigenvalue weighted by molar-refractivity contribution is 0.0692. The molecule has 0 saturated heterocycles. The maximum absolute atomic E-state index is 11.2. The first-order valence-electron chi connectivity index (χ1n) is 6.14. The zero-order valence-corrected chi connectivity index (χ0v) is 13.5. The summed E-state index contributed by atoms with van der Waals surface area (Å²) in [4.78, 5) is 16.4. The number of hydrogen-bond acceptors (Lipinski definition) is 3. The van der Waals surface area contributed by atoms with Crippen molar-refractivity contribution in [3.63, 3.8) is 0 Å². The number of carbonyl (C=O) groups is 1. The van der Waals surface area contributed by atoms with Crippen LogP contribution in [-0.2, 0) is 0 Å². The van der Waals surface area contributed by atoms with Crippen molar-refractivity contribution in [1.29, 1.82) is 0 Å². The second-order valence-corrected chi connectivity index (χ2v) is 6.62. The topological polar surface area (TPSA) is 50.2 Å². The van der Waals surface area contributed by atoms with E-state index in [1.807, 2.05) is 12.1 Å². The molecular weight excluding hydrogens is 338 g/mol. The maximum Gasteiger partial charge on any atom is 0.338 e. The Hall–Kier alpha value is -1.33. The van der Waals surface area contributed by atoms with Gasteiger partial charge in [-0.3, -0.25) is 0 Å². The largest absolute Gasteiger partial charge is 0.478 e. The van der Waals surface area contributed by atoms with Gasteiger partial charge in [-0.25, -0.2) is 9.78 Å². The van der Waals surface area contributed by atoms with Gasteiger partial charge >= 0.3 is 5.97 Å². The summed E-state index contributed by atoms with van der Waals surface area (Å²) in [6.45, 7) is 4.28. The van der Waals surface area contributed by atoms with E-state index >= 15 is 0 Å². The van der Waals surface area contributed by atoms with Gasteiger partial charge in [0.1, 0.15) is 5.03 Å². The summed E-state index contributed by atoms with van der Waals surface area (Å²) in [5, 5.41) is 9.71. The molecule has 1 aromatic heterocycles. The van der Waals surface area contributed by atoms with Gasteiger partial charge in [0.25, 0.3) is 0 Å². The lowest BCUT2D eigenvalue weighted by Gasteiger charge is -2.08. The van der Waals surface area contributed by atoms with Crippen molar-refractivity contribution in [2.75, 3.05) is 0 Å². The Kier molecular flexibility index (Phi) is 4.83. The highest BCUT2D eigenvalue weighted by Gasteiger charge is 2.13. The summed E-state index contributed by atoms with van der Waals surface area (Å²) in [7, 11) is 0. The first-order chi connectivity index (χ1) is 9.47. The lowest BCUT2D eigenvalue weighted by atomic mass is 10.0. The molecule has 0 aliphatic rings. The number of carboxylic acids is 1. The highest BCUT2D eigenvalue weighted by molar-refractivity contribution is 9.10. The fourth-order valence-corrected chi connectivity index (χ4v) is 2.88. The molecule has 2 rings (SSSR count). The van der Waals surface area contributed by atoms with Crippen LogP contribution in [0.3, 0.4) is 0 Å². The van der Waals surface area contributed by atoms with E-state index in [0.717, 1.165) is 4.90 Å². The van der Waals surface area contributed by atoms with Gasteiger partial charge in [-0.1, -0.05) is 37.7 Å². The quantitative estimate of drug-likeness (QED) is 0.857. The molecular formula is C15H14BrNO2S. The van der Waals surface area contributed by atoms with Crippen molar-refractivity contribution in [2.45, 2.75) is 29.7 Å². The van der Waals surface area contributed by atoms with E-state index in [0.29, 0.717) is 15.4 Å². The van der Waals surface area contributed by atoms with Gasteiger partial charge < -0.3 is 5.11 Å². The van der Waals surface area contributed by atoms with Crippen molar-refractivity contribution in [1.82, 2.24) is 4.98 Å². The molecule has 1 N–H and O–H groups in total. The van der Waals surface area contributed by atoms with Crippen LogP contribution in [0.25, 0.3) is 0 Å². The van der Waals surface area contributed by atoms with Gasteiger partial charge in [0.2, 0.25) is 0 Å². The van der Waals surface area contributed by atoms with Gasteiger partial charge in [0.05, 0.1) is 5.56 Å². The molecule has 0 saturated carbocycles. The van der Waals surface area contributed by atoms with Crippen LogP contribution < -0.4 is 0 Å². The zero-order chi connectivity index (χ0) is 14.7. The van der Waals surface area contributed by atoms with Crippen LogP contribution in [0.1, 0.15) is 35.7 Å². The number of rotatable bonds is 4. The predicted molar refractivity (Wildman–Crippen MR) is 83.6 cm³/mol. The smallest absolute Gasteiger partial charge is 0.338 e. The molecule has 1 aromatic carbocycles. The SMILES string of the molecule is CC(C)c1ccc(Sc2ncc(Br)cc2C(=O)O)cc1. The summed E-state index contributed by atoms with van der Waals surface area (Å²) in [6.07, 6.45) is 1.61. The van der Waals surface area contributed by atoms with E-state index in [-0.39, 0.29) is 5.56 Å². The second kappa shape index (κ2) is 6.41. The standard InChI is InChI=1S/C15H14BrNO2S/c1-9(2)10-3-5-12(6-4-10)20-14-13(15(18)19)7-11(16)8-17-14/h3-9H,1-2H3,(H,18,19). The summed E-state index contributed by atoms with van der Waals surface area (Å²) < 4.78 is 0.661. The Morgan fingerprint density at radius 2 is 1.95 bits per heavy atom. The van der Waals surface area contributed by atoms with Crippen LogP contribution in [0.15, 0.2) is 50.9 Å². The zero-order valence-electron chi connectivity index (χ0n) is 11.1. The number of pyridine rings is 1. The number of aromatic nitrogens is 1. The van der Waals surface area contributed by atoms with Crippen LogP contribution in [-0.4, -0.2) is 16.1 Å². The van der Waals surface area contributed by atoms with Crippen molar-refractivity contribution in [3.05, 3.63) is 52.1 Å². The number of halogens is 1. The van der Waals surface area contributed by atoms with Crippen molar-refractivity contribution in [2.24, 2.45) is 0 Å². The first-order valence-corrected chi connectivity index (χ1v) is 7.75. The third-order valence-electron chi connectivity index (χ3n) is 2.81. The molecule has 20 heavy (non-hydrogen) atoms. The number of carboxylic acid groups (broad SMARTS) is 1. The second-order valence-electron chi connectivity index (χ2n) is 4.64. The number of aromatic carboxylic acids is 1. The van der Waals surface area contributed by atoms with Gasteiger partial charge in [0, 0.05) is 15.6 Å². The highest BCUT2D eigenvalue weighted by atomic mass is 79.9. The van der Waals surface area contributed by atoms with E-state index in [1.165, 1.54) is 17.3 Å². The van der Waals surface area contributed by atoms with Gasteiger partial charge in [-0.2, -0.15) is 0 Å². The number of nitrogens with zero attached hydrogens (tertiary/aromatic N) is 1. The Balaban J connectivity index is 2.28. The molecule has 0 aliphatic heterocycles. The van der Waals surface area contributed by atoms with Crippen LogP contribution in [0, 0.1) is 0 Å². The van der Waals surface area contributed by atoms with Crippen molar-refractivity contribution in [3.8, 4) is 0 Å². The van der Waals surface area contributed by atoms with E-state index in [4.69, 9.17) is 0 Å². The minimum Gasteiger partial charge on any atom is -0.478 e. The van der Waals surface area contributed by atoms with E-state index in [2.05, 4.69) is 46.9 Å². The molecule has 3 nitrogen and oxygen atoms in total. The van der Waals surface area contributed by atoms with Gasteiger partial charge in [-0.15, -0.1) is 0 Å². The van der Waals surface area contributed by atoms with E-state index in [9.17, 15) is 9.90 Å². The number of benzene rings is 1. The summed E-state index contributed by atoms with van der Waals surface area (Å²) >= 11 is 4.60. The van der Waals surface area contributed by atoms with Gasteiger partial charge in [-0.05, 0) is 45.6 Å². The summed E-state index contributed by atoms with van der Waals surface area (Å²) in [5.41, 5.74) is 1.47. The highest BCUT2D eigenvalue weighted by Crippen LogP contribution is 2.31. The number of hydrogen-bond donors (Lipinski definition) is 1. The third kappa shape index (κ3) is 3.61. The minimum absolute atomic E-state index is 0.206. The Morgan fingerprint density at radius 1 is 1.30 bits per heavy atom. The van der Waals surface area contributed by atoms with Crippen molar-refractivity contribution < 1.29 is 9.90 Å². The van der Waals surface area contributed by atoms with Crippen LogP contribution in [0.2, 0.25) is 0 Å². The molecule has 0 fully saturated rings. The first kappa shape index (κ1) is 15.1. The molecule has 0 spiro atoms. The molecule has 2 aromatic rings. The average molecular weight is 352 g/mol. The summed E-state index contributed by atoms with van der Waals surface area (Å²) in [6, 6.07) is 9.68. The molecule has 0 aliphatic carbocycles. The molecule has 0 radical (unpaired) electrons. The van der Waals surface area contributed by atoms with Crippen molar-refractivity contribution >= 4 is 33.7 Å². The molecule has 0 unspecified atom stereocenters. The summed E-state index contributed by atoms with van der Waals surface area (Å²) in [5.74, 6) is -0.491. The van der Waals surface area contributed by atoms with E-state index in [1.54, 1.807) is 12.3 Å². The molecule has 0 bridgehead atoms. The Bertz CT molecular complexity index is 626. The average Bonchev–Trinajstić information content (AvgIpc) is 2.41. The molecule has 1 heterocycles. The molecule has 0 amide bonds. The van der Waals surface area contributed by atoms with Crippen LogP contribution >= 0.6 is 27.7 Å². The minimum atomic E-state index is -0.972. The monoisotopic (exact) mass is 351 g/mol. The Labute approximate surface area is 130 Å². The van der Waals surface area contributed by atoms with Crippen LogP contribution in [0.5, 0.6) is 0 Å². The molecule has 5 heteroatoms. The Morgan fingerprint density at radius 3 is 2.50 bits per heavy atom. The van der Waals surface area contributed by atoms with E-state index < -0.39 is 5.97 Å². The maximum atomic E-state index is 11.2. The lowest BCUT2D eigenvalue weighted by Crippen LogP contribution is -2.00. The van der Waals surface area contributed by atoms with Crippen LogP contribution in [0.4, 0.5) is 0 Å². The molecule has 104 valence electrons. The fourth-order valence-electron chi connectivity index (χ4n) is 1.69. The third-order valence-corrected chi connectivity index (χ3v) is 4.27. The normalized spacial score (nSPS) is 10.8. The fraction of sp³-hybridized carbons (Fsp3) is 0.200. The predicted octanol–water partition coefficient (Wildman–Crippen LogP) is 4.82. The van der Waals surface area contributed by atoms with Gasteiger partial charge in [0.15, 0.2) is 0 Å². The molecule has 0 atom stereocenters.